The third-order valence-electron chi connectivity index (χ3n) is 3.89. The molecule has 1 aliphatic heterocycles. The van der Waals surface area contributed by atoms with E-state index in [0.717, 1.165) is 31.5 Å². The van der Waals surface area contributed by atoms with Crippen LogP contribution in [0.1, 0.15) is 33.6 Å². The van der Waals surface area contributed by atoms with Crippen LogP contribution in [0.2, 0.25) is 0 Å². The molecule has 1 heterocycles. The van der Waals surface area contributed by atoms with Gasteiger partial charge in [0, 0.05) is 17.4 Å². The fourth-order valence-electron chi connectivity index (χ4n) is 2.50. The monoisotopic (exact) mass is 419 g/mol. The molecular formula is C15H19Br2NO3. The number of piperidine rings is 1. The Hall–Kier alpha value is -0.430. The van der Waals surface area contributed by atoms with Crippen LogP contribution in [0.4, 0.5) is 0 Å². The zero-order chi connectivity index (χ0) is 15.5. The molecule has 116 valence electrons. The molecule has 0 aromatic heterocycles. The number of carbonyl (C=O) groups excluding carboxylic acids is 1. The summed E-state index contributed by atoms with van der Waals surface area (Å²) in [6, 6.07) is 7.54. The lowest BCUT2D eigenvalue weighted by atomic mass is 9.90. The summed E-state index contributed by atoms with van der Waals surface area (Å²) >= 11 is 7.70. The largest absolute Gasteiger partial charge is 0.465 e. The van der Waals surface area contributed by atoms with Crippen molar-refractivity contribution in [2.75, 3.05) is 27.3 Å². The van der Waals surface area contributed by atoms with Crippen LogP contribution in [-0.2, 0) is 9.57 Å². The fourth-order valence-corrected chi connectivity index (χ4v) is 3.88. The molecule has 0 spiro atoms. The van der Waals surface area contributed by atoms with E-state index in [1.165, 1.54) is 7.11 Å². The van der Waals surface area contributed by atoms with Crippen LogP contribution in [0.5, 0.6) is 0 Å². The third-order valence-corrected chi connectivity index (χ3v) is 7.16. The average molecular weight is 421 g/mol. The van der Waals surface area contributed by atoms with Crippen molar-refractivity contribution < 1.29 is 14.4 Å². The minimum absolute atomic E-state index is 0.00515. The Morgan fingerprint density at radius 2 is 1.81 bits per heavy atom. The highest BCUT2D eigenvalue weighted by Gasteiger charge is 2.39. The molecule has 2 rings (SSSR count). The van der Waals surface area contributed by atoms with Crippen LogP contribution in [0.15, 0.2) is 24.3 Å². The number of hydroxylamine groups is 2. The van der Waals surface area contributed by atoms with Gasteiger partial charge in [-0.05, 0) is 30.5 Å². The summed E-state index contributed by atoms with van der Waals surface area (Å²) in [7, 11) is 3.10. The Morgan fingerprint density at radius 1 is 1.24 bits per heavy atom. The Bertz CT molecular complexity index is 484. The minimum Gasteiger partial charge on any atom is -0.465 e. The Kier molecular flexibility index (Phi) is 5.82. The summed E-state index contributed by atoms with van der Waals surface area (Å²) in [6.45, 7) is 1.79. The van der Waals surface area contributed by atoms with Crippen LogP contribution in [-0.4, -0.2) is 42.7 Å². The zero-order valence-electron chi connectivity index (χ0n) is 12.1. The van der Waals surface area contributed by atoms with E-state index in [1.54, 1.807) is 19.2 Å². The van der Waals surface area contributed by atoms with Gasteiger partial charge < -0.3 is 9.57 Å². The van der Waals surface area contributed by atoms with Crippen molar-refractivity contribution in [3.05, 3.63) is 35.4 Å². The van der Waals surface area contributed by atoms with Gasteiger partial charge in [-0.25, -0.2) is 4.79 Å². The summed E-state index contributed by atoms with van der Waals surface area (Å²) in [5.41, 5.74) is 1.71. The molecule has 0 saturated carbocycles. The maximum absolute atomic E-state index is 11.5. The number of ether oxygens (including phenoxy) is 1. The second kappa shape index (κ2) is 7.22. The number of esters is 1. The van der Waals surface area contributed by atoms with Gasteiger partial charge in [-0.1, -0.05) is 44.0 Å². The van der Waals surface area contributed by atoms with Crippen molar-refractivity contribution in [1.29, 1.82) is 0 Å². The molecule has 4 nitrogen and oxygen atoms in total. The van der Waals surface area contributed by atoms with Crippen molar-refractivity contribution in [2.45, 2.75) is 22.0 Å². The highest BCUT2D eigenvalue weighted by atomic mass is 79.9. The molecule has 0 bridgehead atoms. The number of hydrogen-bond donors (Lipinski definition) is 0. The van der Waals surface area contributed by atoms with Crippen molar-refractivity contribution in [1.82, 2.24) is 5.06 Å². The molecule has 0 amide bonds. The molecule has 1 unspecified atom stereocenters. The fraction of sp³-hybridized carbons (Fsp3) is 0.533. The van der Waals surface area contributed by atoms with Gasteiger partial charge in [-0.3, -0.25) is 0 Å². The number of methoxy groups -OCH3 is 1. The highest BCUT2D eigenvalue weighted by molar-refractivity contribution is 9.12. The van der Waals surface area contributed by atoms with E-state index in [0.29, 0.717) is 5.56 Å². The van der Waals surface area contributed by atoms with Crippen molar-refractivity contribution in [3.63, 3.8) is 0 Å². The van der Waals surface area contributed by atoms with Crippen LogP contribution >= 0.6 is 31.9 Å². The van der Waals surface area contributed by atoms with Gasteiger partial charge >= 0.3 is 5.97 Å². The molecule has 1 aromatic carbocycles. The second-order valence-corrected chi connectivity index (χ2v) is 7.62. The first-order valence-corrected chi connectivity index (χ1v) is 8.51. The Balaban J connectivity index is 2.09. The van der Waals surface area contributed by atoms with Gasteiger partial charge in [0.25, 0.3) is 0 Å². The third kappa shape index (κ3) is 3.86. The average Bonchev–Trinajstić information content (AvgIpc) is 2.54. The molecule has 1 aliphatic rings. The minimum atomic E-state index is -0.311. The molecule has 1 fully saturated rings. The van der Waals surface area contributed by atoms with Crippen molar-refractivity contribution >= 4 is 37.8 Å². The maximum atomic E-state index is 11.5. The lowest BCUT2D eigenvalue weighted by Crippen LogP contribution is -2.42. The summed E-state index contributed by atoms with van der Waals surface area (Å²) in [5, 5.41) is 1.97. The standard InChI is InChI=1S/C15H19Br2NO3/c1-20-14(19)12-5-3-11(4-6-12)13(16)15(17)7-9-18(21-2)10-8-15/h3-6,13H,7-10H2,1-2H3. The second-order valence-electron chi connectivity index (χ2n) is 5.12. The first kappa shape index (κ1) is 16.9. The molecule has 21 heavy (non-hydrogen) atoms. The summed E-state index contributed by atoms with van der Waals surface area (Å²) < 4.78 is 4.71. The molecule has 0 N–H and O–H groups in total. The van der Waals surface area contributed by atoms with Gasteiger partial charge in [-0.2, -0.15) is 5.06 Å². The number of carbonyl (C=O) groups is 1. The predicted octanol–water partition coefficient (Wildman–Crippen LogP) is 3.70. The van der Waals surface area contributed by atoms with E-state index in [-0.39, 0.29) is 15.1 Å². The van der Waals surface area contributed by atoms with Gasteiger partial charge in [0.1, 0.15) is 0 Å². The molecule has 1 atom stereocenters. The quantitative estimate of drug-likeness (QED) is 0.549. The van der Waals surface area contributed by atoms with E-state index >= 15 is 0 Å². The lowest BCUT2D eigenvalue weighted by Gasteiger charge is -2.40. The molecule has 1 aromatic rings. The van der Waals surface area contributed by atoms with Gasteiger partial charge in [0.15, 0.2) is 0 Å². The van der Waals surface area contributed by atoms with E-state index in [1.807, 2.05) is 17.2 Å². The van der Waals surface area contributed by atoms with E-state index in [4.69, 9.17) is 9.57 Å². The topological polar surface area (TPSA) is 38.8 Å². The number of rotatable bonds is 4. The molecule has 1 saturated heterocycles. The summed E-state index contributed by atoms with van der Waals surface area (Å²) in [6.07, 6.45) is 1.96. The van der Waals surface area contributed by atoms with Crippen molar-refractivity contribution in [2.24, 2.45) is 0 Å². The molecule has 6 heteroatoms. The smallest absolute Gasteiger partial charge is 0.337 e. The first-order chi connectivity index (χ1) is 10.00. The Morgan fingerprint density at radius 3 is 2.29 bits per heavy atom. The number of nitrogens with zero attached hydrogens (tertiary/aromatic N) is 1. The van der Waals surface area contributed by atoms with Crippen LogP contribution in [0, 0.1) is 0 Å². The number of benzene rings is 1. The first-order valence-electron chi connectivity index (χ1n) is 6.80. The van der Waals surface area contributed by atoms with E-state index in [2.05, 4.69) is 31.9 Å². The number of halogens is 2. The SMILES string of the molecule is COC(=O)c1ccc(C(Br)C2(Br)CCN(OC)CC2)cc1. The Labute approximate surface area is 142 Å². The summed E-state index contributed by atoms with van der Waals surface area (Å²) in [4.78, 5) is 16.9. The molecule has 0 aliphatic carbocycles. The van der Waals surface area contributed by atoms with E-state index < -0.39 is 0 Å². The van der Waals surface area contributed by atoms with Crippen LogP contribution in [0.25, 0.3) is 0 Å². The normalized spacial score (nSPS) is 20.0. The van der Waals surface area contributed by atoms with Gasteiger partial charge in [0.2, 0.25) is 0 Å². The van der Waals surface area contributed by atoms with Gasteiger partial charge in [0.05, 0.1) is 24.6 Å². The van der Waals surface area contributed by atoms with Crippen molar-refractivity contribution in [3.8, 4) is 0 Å². The van der Waals surface area contributed by atoms with E-state index in [9.17, 15) is 4.79 Å². The predicted molar refractivity (Wildman–Crippen MR) is 88.9 cm³/mol. The highest BCUT2D eigenvalue weighted by Crippen LogP contribution is 2.47. The molecule has 0 radical (unpaired) electrons. The van der Waals surface area contributed by atoms with Gasteiger partial charge in [-0.15, -0.1) is 0 Å². The number of hydrogen-bond acceptors (Lipinski definition) is 4. The zero-order valence-corrected chi connectivity index (χ0v) is 15.3. The van der Waals surface area contributed by atoms with Crippen LogP contribution in [0.3, 0.4) is 0 Å². The molecular weight excluding hydrogens is 402 g/mol. The maximum Gasteiger partial charge on any atom is 0.337 e. The lowest BCUT2D eigenvalue weighted by molar-refractivity contribution is -0.144. The van der Waals surface area contributed by atoms with Crippen LogP contribution < -0.4 is 0 Å². The summed E-state index contributed by atoms with van der Waals surface area (Å²) in [5.74, 6) is -0.311. The number of alkyl halides is 2.